The van der Waals surface area contributed by atoms with E-state index in [4.69, 9.17) is 0 Å². The number of fused-ring (bicyclic) bond motifs is 1. The maximum Gasteiger partial charge on any atom is 0.416 e. The van der Waals surface area contributed by atoms with Gasteiger partial charge in [0.05, 0.1) is 11.6 Å². The molecule has 1 saturated heterocycles. The van der Waals surface area contributed by atoms with Gasteiger partial charge in [-0.05, 0) is 30.5 Å². The average Bonchev–Trinajstić information content (AvgIpc) is 3.00. The predicted octanol–water partition coefficient (Wildman–Crippen LogP) is 6.61. The first-order valence-corrected chi connectivity index (χ1v) is 12.2. The van der Waals surface area contributed by atoms with E-state index < -0.39 is 16.4 Å². The number of rotatable bonds is 3. The molecular weight excluding hydrogens is 427 g/mol. The van der Waals surface area contributed by atoms with Crippen molar-refractivity contribution in [2.45, 2.75) is 69.1 Å². The maximum absolute atomic E-state index is 13.9. The lowest BCUT2D eigenvalue weighted by atomic mass is 9.79. The fourth-order valence-corrected chi connectivity index (χ4v) is 6.36. The Morgan fingerprint density at radius 1 is 0.939 bits per heavy atom. The Hall–Kier alpha value is -2.09. The monoisotopic (exact) mass is 459 g/mol. The van der Waals surface area contributed by atoms with Crippen LogP contribution in [0.2, 0.25) is 0 Å². The molecule has 2 fully saturated rings. The van der Waals surface area contributed by atoms with E-state index in [1.807, 2.05) is 0 Å². The van der Waals surface area contributed by atoms with Gasteiger partial charge in [0.2, 0.25) is 0 Å². The van der Waals surface area contributed by atoms with E-state index in [-0.39, 0.29) is 18.2 Å². The summed E-state index contributed by atoms with van der Waals surface area (Å²) in [6.07, 6.45) is 4.35. The summed E-state index contributed by atoms with van der Waals surface area (Å²) in [6, 6.07) is 14.2. The summed E-state index contributed by atoms with van der Waals surface area (Å²) in [7, 11) is 0. The standard InChI is InChI=1S/C26H32F3N3O/c27-26(28,29)21-10-11-24-23(18-21)30-19-32(24,33)22-12-16-31(17-13-22)25(14-6-1-2-7-15-25)20-8-4-3-5-9-20/h3-5,8-11,18,22,30H,1-2,6-7,12-17,19H2. The summed E-state index contributed by atoms with van der Waals surface area (Å²) in [6.45, 7) is 1.79. The van der Waals surface area contributed by atoms with Crippen molar-refractivity contribution < 1.29 is 13.2 Å². The normalized spacial score (nSPS) is 26.4. The molecule has 1 atom stereocenters. The zero-order valence-corrected chi connectivity index (χ0v) is 18.9. The van der Waals surface area contributed by atoms with Crippen molar-refractivity contribution in [3.05, 3.63) is 64.9 Å². The molecule has 0 amide bonds. The molecule has 0 radical (unpaired) electrons. The minimum Gasteiger partial charge on any atom is -0.626 e. The summed E-state index contributed by atoms with van der Waals surface area (Å²) in [5.41, 5.74) is 1.46. The summed E-state index contributed by atoms with van der Waals surface area (Å²) < 4.78 is 38.8. The second-order valence-corrected chi connectivity index (χ2v) is 9.89. The number of nitrogens with one attached hydrogen (secondary N) is 1. The van der Waals surface area contributed by atoms with E-state index in [0.29, 0.717) is 11.4 Å². The highest BCUT2D eigenvalue weighted by molar-refractivity contribution is 5.74. The van der Waals surface area contributed by atoms with Crippen LogP contribution in [0.5, 0.6) is 0 Å². The molecule has 1 aliphatic carbocycles. The van der Waals surface area contributed by atoms with Crippen LogP contribution >= 0.6 is 0 Å². The number of likely N-dealkylation sites (tertiary alicyclic amines) is 1. The Morgan fingerprint density at radius 3 is 2.24 bits per heavy atom. The summed E-state index contributed by atoms with van der Waals surface area (Å²) in [5, 5.41) is 16.9. The van der Waals surface area contributed by atoms with Gasteiger partial charge in [0, 0.05) is 37.5 Å². The lowest BCUT2D eigenvalue weighted by Gasteiger charge is -2.52. The molecule has 2 aliphatic heterocycles. The molecule has 5 rings (SSSR count). The number of hydroxylamine groups is 2. The topological polar surface area (TPSA) is 38.3 Å². The Balaban J connectivity index is 1.36. The SMILES string of the molecule is [O-][N+]1(C2CCN(C3(c4ccccc4)CCCCCC3)CC2)CNc2cc(C(F)(F)F)ccc21. The Morgan fingerprint density at radius 2 is 1.61 bits per heavy atom. The quantitative estimate of drug-likeness (QED) is 0.319. The van der Waals surface area contributed by atoms with E-state index in [1.54, 1.807) is 0 Å². The molecule has 4 nitrogen and oxygen atoms in total. The van der Waals surface area contributed by atoms with E-state index in [9.17, 15) is 18.4 Å². The lowest BCUT2D eigenvalue weighted by Crippen LogP contribution is -2.58. The summed E-state index contributed by atoms with van der Waals surface area (Å²) >= 11 is 0. The maximum atomic E-state index is 13.9. The molecule has 1 N–H and O–H groups in total. The highest BCUT2D eigenvalue weighted by Crippen LogP contribution is 2.46. The third kappa shape index (κ3) is 4.04. The molecule has 2 aromatic carbocycles. The van der Waals surface area contributed by atoms with Crippen molar-refractivity contribution in [2.24, 2.45) is 0 Å². The minimum atomic E-state index is -4.41. The number of nitrogens with zero attached hydrogens (tertiary/aromatic N) is 2. The molecule has 0 bridgehead atoms. The molecule has 2 heterocycles. The van der Waals surface area contributed by atoms with Crippen molar-refractivity contribution in [1.82, 2.24) is 9.55 Å². The molecule has 178 valence electrons. The number of alkyl halides is 3. The van der Waals surface area contributed by atoms with Gasteiger partial charge in [0.15, 0.2) is 12.4 Å². The fourth-order valence-electron chi connectivity index (χ4n) is 6.36. The number of piperidine rings is 1. The summed E-state index contributed by atoms with van der Waals surface area (Å²) in [5.74, 6) is 0. The first-order chi connectivity index (χ1) is 15.8. The van der Waals surface area contributed by atoms with Gasteiger partial charge < -0.3 is 15.2 Å². The molecule has 33 heavy (non-hydrogen) atoms. The van der Waals surface area contributed by atoms with Gasteiger partial charge in [0.1, 0.15) is 5.69 Å². The van der Waals surface area contributed by atoms with E-state index in [2.05, 4.69) is 40.5 Å². The molecule has 1 saturated carbocycles. The van der Waals surface area contributed by atoms with Gasteiger partial charge in [-0.1, -0.05) is 56.0 Å². The van der Waals surface area contributed by atoms with Crippen LogP contribution in [0, 0.1) is 5.21 Å². The Bertz CT molecular complexity index is 964. The zero-order chi connectivity index (χ0) is 23.1. The number of halogens is 3. The van der Waals surface area contributed by atoms with Gasteiger partial charge in [-0.15, -0.1) is 0 Å². The van der Waals surface area contributed by atoms with Crippen molar-refractivity contribution in [3.63, 3.8) is 0 Å². The van der Waals surface area contributed by atoms with Crippen LogP contribution in [-0.4, -0.2) is 30.7 Å². The second-order valence-electron chi connectivity index (χ2n) is 9.89. The highest BCUT2D eigenvalue weighted by Gasteiger charge is 2.45. The van der Waals surface area contributed by atoms with Gasteiger partial charge >= 0.3 is 6.18 Å². The third-order valence-corrected chi connectivity index (χ3v) is 8.14. The van der Waals surface area contributed by atoms with Crippen LogP contribution in [0.1, 0.15) is 62.5 Å². The third-order valence-electron chi connectivity index (χ3n) is 8.14. The molecule has 1 unspecified atom stereocenters. The van der Waals surface area contributed by atoms with E-state index in [0.717, 1.165) is 50.9 Å². The van der Waals surface area contributed by atoms with E-state index in [1.165, 1.54) is 37.3 Å². The predicted molar refractivity (Wildman–Crippen MR) is 126 cm³/mol. The molecule has 2 aromatic rings. The number of quaternary nitrogens is 1. The smallest absolute Gasteiger partial charge is 0.416 e. The van der Waals surface area contributed by atoms with Gasteiger partial charge in [-0.2, -0.15) is 13.2 Å². The lowest BCUT2D eigenvalue weighted by molar-refractivity contribution is -0.137. The van der Waals surface area contributed by atoms with Gasteiger partial charge in [0.25, 0.3) is 0 Å². The molecule has 0 spiro atoms. The van der Waals surface area contributed by atoms with Crippen LogP contribution in [0.4, 0.5) is 24.5 Å². The summed E-state index contributed by atoms with van der Waals surface area (Å²) in [4.78, 5) is 2.60. The van der Waals surface area contributed by atoms with Crippen LogP contribution in [0.3, 0.4) is 0 Å². The van der Waals surface area contributed by atoms with Gasteiger partial charge in [-0.3, -0.25) is 4.90 Å². The minimum absolute atomic E-state index is 0.0270. The first-order valence-electron chi connectivity index (χ1n) is 12.2. The Labute approximate surface area is 193 Å². The van der Waals surface area contributed by atoms with Crippen molar-refractivity contribution in [1.29, 1.82) is 0 Å². The van der Waals surface area contributed by atoms with Crippen LogP contribution < -0.4 is 9.96 Å². The van der Waals surface area contributed by atoms with Crippen molar-refractivity contribution in [2.75, 3.05) is 25.1 Å². The van der Waals surface area contributed by atoms with Crippen molar-refractivity contribution in [3.8, 4) is 0 Å². The molecule has 3 aliphatic rings. The number of hydrogen-bond donors (Lipinski definition) is 1. The number of hydrogen-bond acceptors (Lipinski definition) is 3. The molecule has 7 heteroatoms. The van der Waals surface area contributed by atoms with Crippen LogP contribution in [0.25, 0.3) is 0 Å². The zero-order valence-electron chi connectivity index (χ0n) is 18.9. The molecule has 0 aromatic heterocycles. The number of anilines is 1. The second kappa shape index (κ2) is 8.60. The van der Waals surface area contributed by atoms with Crippen LogP contribution in [0.15, 0.2) is 48.5 Å². The first kappa shape index (κ1) is 22.7. The van der Waals surface area contributed by atoms with Crippen LogP contribution in [-0.2, 0) is 11.7 Å². The number of benzene rings is 2. The Kier molecular flexibility index (Phi) is 5.91. The van der Waals surface area contributed by atoms with Crippen molar-refractivity contribution >= 4 is 11.4 Å². The largest absolute Gasteiger partial charge is 0.626 e. The average molecular weight is 460 g/mol. The highest BCUT2D eigenvalue weighted by atomic mass is 19.4. The van der Waals surface area contributed by atoms with E-state index >= 15 is 0 Å². The van der Waals surface area contributed by atoms with Gasteiger partial charge in [-0.25, -0.2) is 0 Å². The fraction of sp³-hybridized carbons (Fsp3) is 0.538. The molecular formula is C26H32F3N3O.